The number of halogens is 1. The van der Waals surface area contributed by atoms with Gasteiger partial charge < -0.3 is 4.74 Å². The Morgan fingerprint density at radius 2 is 2.15 bits per heavy atom. The van der Waals surface area contributed by atoms with Crippen molar-refractivity contribution in [3.63, 3.8) is 0 Å². The molecule has 72 valence electrons. The molecular weight excluding hydrogens is 272 g/mol. The van der Waals surface area contributed by atoms with Crippen LogP contribution in [-0.2, 0) is 4.74 Å². The maximum atomic E-state index is 5.29. The molecule has 0 unspecified atom stereocenters. The fourth-order valence-electron chi connectivity index (χ4n) is 1.18. The van der Waals surface area contributed by atoms with E-state index in [0.29, 0.717) is 5.25 Å². The summed E-state index contributed by atoms with van der Waals surface area (Å²) in [6, 6.07) is 0. The summed E-state index contributed by atoms with van der Waals surface area (Å²) in [7, 11) is 0. The van der Waals surface area contributed by atoms with Crippen LogP contribution >= 0.6 is 39.0 Å². The Morgan fingerprint density at radius 1 is 1.38 bits per heavy atom. The van der Waals surface area contributed by atoms with E-state index in [-0.39, 0.29) is 0 Å². The Bertz CT molecular complexity index is 275. The van der Waals surface area contributed by atoms with E-state index in [1.54, 1.807) is 11.3 Å². The molecule has 1 aliphatic rings. The summed E-state index contributed by atoms with van der Waals surface area (Å²) in [5.41, 5.74) is 0. The third kappa shape index (κ3) is 2.90. The van der Waals surface area contributed by atoms with Gasteiger partial charge in [0.05, 0.1) is 0 Å². The first-order valence-electron chi connectivity index (χ1n) is 4.08. The van der Waals surface area contributed by atoms with Crippen LogP contribution in [0.2, 0.25) is 0 Å². The van der Waals surface area contributed by atoms with Crippen LogP contribution in [-0.4, -0.2) is 28.7 Å². The lowest BCUT2D eigenvalue weighted by atomic mass is 10.2. The van der Waals surface area contributed by atoms with Crippen LogP contribution in [0, 0.1) is 0 Å². The quantitative estimate of drug-likeness (QED) is 0.834. The van der Waals surface area contributed by atoms with Crippen LogP contribution in [0.4, 0.5) is 0 Å². The summed E-state index contributed by atoms with van der Waals surface area (Å²) in [6.45, 7) is 1.77. The first-order chi connectivity index (χ1) is 6.34. The molecule has 1 saturated heterocycles. The van der Waals surface area contributed by atoms with E-state index in [0.717, 1.165) is 34.3 Å². The van der Waals surface area contributed by atoms with Crippen molar-refractivity contribution in [1.82, 2.24) is 10.2 Å². The van der Waals surface area contributed by atoms with Gasteiger partial charge >= 0.3 is 0 Å². The van der Waals surface area contributed by atoms with E-state index >= 15 is 0 Å². The normalized spacial score (nSPS) is 19.2. The fraction of sp³-hybridized carbons (Fsp3) is 0.714. The smallest absolute Gasteiger partial charge is 0.184 e. The van der Waals surface area contributed by atoms with Crippen molar-refractivity contribution in [1.29, 1.82) is 0 Å². The number of hydrogen-bond donors (Lipinski definition) is 0. The predicted octanol–water partition coefficient (Wildman–Crippen LogP) is 2.57. The number of rotatable bonds is 2. The summed E-state index contributed by atoms with van der Waals surface area (Å²) in [5.74, 6) is 0. The molecule has 0 saturated carbocycles. The minimum Gasteiger partial charge on any atom is -0.381 e. The van der Waals surface area contributed by atoms with Gasteiger partial charge in [0.2, 0.25) is 0 Å². The summed E-state index contributed by atoms with van der Waals surface area (Å²) in [4.78, 5) is 0. The molecule has 13 heavy (non-hydrogen) atoms. The summed E-state index contributed by atoms with van der Waals surface area (Å²) in [5, 5.41) is 8.63. The maximum Gasteiger partial charge on any atom is 0.184 e. The highest BCUT2D eigenvalue weighted by atomic mass is 79.9. The second kappa shape index (κ2) is 4.72. The molecule has 1 aliphatic heterocycles. The van der Waals surface area contributed by atoms with Gasteiger partial charge in [-0.1, -0.05) is 23.1 Å². The van der Waals surface area contributed by atoms with E-state index in [1.807, 2.05) is 11.8 Å². The number of hydrogen-bond acceptors (Lipinski definition) is 5. The average molecular weight is 281 g/mol. The number of aromatic nitrogens is 2. The van der Waals surface area contributed by atoms with Crippen LogP contribution in [0.25, 0.3) is 0 Å². The second-order valence-corrected chi connectivity index (χ2v) is 6.55. The largest absolute Gasteiger partial charge is 0.381 e. The van der Waals surface area contributed by atoms with Gasteiger partial charge in [0, 0.05) is 18.5 Å². The molecule has 0 N–H and O–H groups in total. The van der Waals surface area contributed by atoms with Gasteiger partial charge in [0.1, 0.15) is 0 Å². The first-order valence-corrected chi connectivity index (χ1v) is 6.57. The molecule has 0 spiro atoms. The Morgan fingerprint density at radius 3 is 2.77 bits per heavy atom. The highest BCUT2D eigenvalue weighted by molar-refractivity contribution is 9.11. The summed E-state index contributed by atoms with van der Waals surface area (Å²) in [6.07, 6.45) is 2.25. The Labute approximate surface area is 93.4 Å². The SMILES string of the molecule is Brc1nnc(SC2CCOCC2)s1. The minimum absolute atomic E-state index is 0.661. The van der Waals surface area contributed by atoms with E-state index in [9.17, 15) is 0 Å². The fourth-order valence-corrected chi connectivity index (χ4v) is 3.98. The van der Waals surface area contributed by atoms with Crippen LogP contribution in [0.1, 0.15) is 12.8 Å². The van der Waals surface area contributed by atoms with Gasteiger partial charge in [-0.15, -0.1) is 10.2 Å². The standard InChI is InChI=1S/C7H9BrN2OS2/c8-6-9-10-7(13-6)12-5-1-3-11-4-2-5/h5H,1-4H2. The summed E-state index contributed by atoms with van der Waals surface area (Å²) >= 11 is 6.72. The van der Waals surface area contributed by atoms with Crippen molar-refractivity contribution in [2.45, 2.75) is 22.4 Å². The topological polar surface area (TPSA) is 35.0 Å². The van der Waals surface area contributed by atoms with Crippen molar-refractivity contribution in [2.75, 3.05) is 13.2 Å². The molecular formula is C7H9BrN2OS2. The zero-order valence-corrected chi connectivity index (χ0v) is 10.1. The molecule has 1 aromatic rings. The highest BCUT2D eigenvalue weighted by Gasteiger charge is 2.16. The van der Waals surface area contributed by atoms with Crippen molar-refractivity contribution in [3.8, 4) is 0 Å². The third-order valence-electron chi connectivity index (χ3n) is 1.82. The molecule has 1 fully saturated rings. The lowest BCUT2D eigenvalue weighted by Crippen LogP contribution is -2.17. The molecule has 3 nitrogen and oxygen atoms in total. The van der Waals surface area contributed by atoms with Crippen molar-refractivity contribution in [2.24, 2.45) is 0 Å². The molecule has 0 atom stereocenters. The lowest BCUT2D eigenvalue weighted by Gasteiger charge is -2.19. The van der Waals surface area contributed by atoms with E-state index in [1.165, 1.54) is 0 Å². The van der Waals surface area contributed by atoms with E-state index in [2.05, 4.69) is 26.1 Å². The molecule has 0 bridgehead atoms. The minimum atomic E-state index is 0.661. The van der Waals surface area contributed by atoms with Crippen molar-refractivity contribution < 1.29 is 4.74 Å². The average Bonchev–Trinajstić information content (AvgIpc) is 2.53. The zero-order chi connectivity index (χ0) is 9.10. The molecule has 0 aromatic carbocycles. The maximum absolute atomic E-state index is 5.29. The molecule has 1 aromatic heterocycles. The highest BCUT2D eigenvalue weighted by Crippen LogP contribution is 2.32. The Hall–Kier alpha value is 0.350. The molecule has 2 heterocycles. The van der Waals surface area contributed by atoms with Gasteiger partial charge in [-0.25, -0.2) is 0 Å². The zero-order valence-electron chi connectivity index (χ0n) is 6.90. The number of thioether (sulfide) groups is 1. The van der Waals surface area contributed by atoms with Crippen LogP contribution in [0.3, 0.4) is 0 Å². The molecule has 0 radical (unpaired) electrons. The summed E-state index contributed by atoms with van der Waals surface area (Å²) < 4.78 is 7.20. The van der Waals surface area contributed by atoms with Crippen LogP contribution < -0.4 is 0 Å². The lowest BCUT2D eigenvalue weighted by molar-refractivity contribution is 0.100. The van der Waals surface area contributed by atoms with E-state index in [4.69, 9.17) is 4.74 Å². The number of nitrogens with zero attached hydrogens (tertiary/aromatic N) is 2. The predicted molar refractivity (Wildman–Crippen MR) is 57.3 cm³/mol. The van der Waals surface area contributed by atoms with Gasteiger partial charge in [-0.3, -0.25) is 0 Å². The molecule has 0 aliphatic carbocycles. The third-order valence-corrected chi connectivity index (χ3v) is 4.59. The molecule has 2 rings (SSSR count). The van der Waals surface area contributed by atoms with Crippen LogP contribution in [0.15, 0.2) is 8.26 Å². The second-order valence-electron chi connectivity index (χ2n) is 2.75. The first kappa shape index (κ1) is 9.89. The van der Waals surface area contributed by atoms with Crippen molar-refractivity contribution in [3.05, 3.63) is 3.92 Å². The molecule has 0 amide bonds. The van der Waals surface area contributed by atoms with Gasteiger partial charge in [-0.2, -0.15) is 0 Å². The van der Waals surface area contributed by atoms with Gasteiger partial charge in [-0.05, 0) is 28.8 Å². The van der Waals surface area contributed by atoms with Crippen molar-refractivity contribution >= 4 is 39.0 Å². The van der Waals surface area contributed by atoms with Gasteiger partial charge in [0.25, 0.3) is 0 Å². The monoisotopic (exact) mass is 280 g/mol. The van der Waals surface area contributed by atoms with Gasteiger partial charge in [0.15, 0.2) is 8.26 Å². The number of ether oxygens (including phenoxy) is 1. The Kier molecular flexibility index (Phi) is 3.59. The molecule has 6 heteroatoms. The van der Waals surface area contributed by atoms with E-state index < -0.39 is 0 Å². The van der Waals surface area contributed by atoms with Crippen LogP contribution in [0.5, 0.6) is 0 Å². The Balaban J connectivity index is 1.89.